The van der Waals surface area contributed by atoms with Crippen LogP contribution in [0.1, 0.15) is 53.4 Å². The minimum atomic E-state index is 0.501. The molecular formula is C15H32N2. The van der Waals surface area contributed by atoms with E-state index in [4.69, 9.17) is 0 Å². The lowest BCUT2D eigenvalue weighted by Gasteiger charge is -2.45. The quantitative estimate of drug-likeness (QED) is 0.743. The molecule has 0 aromatic carbocycles. The summed E-state index contributed by atoms with van der Waals surface area (Å²) < 4.78 is 0. The summed E-state index contributed by atoms with van der Waals surface area (Å²) in [7, 11) is 4.29. The summed E-state index contributed by atoms with van der Waals surface area (Å²) in [5.41, 5.74) is 1.00. The molecule has 2 heteroatoms. The van der Waals surface area contributed by atoms with E-state index in [-0.39, 0.29) is 0 Å². The summed E-state index contributed by atoms with van der Waals surface area (Å²) in [6, 6.07) is 0.718. The lowest BCUT2D eigenvalue weighted by atomic mass is 9.63. The van der Waals surface area contributed by atoms with Gasteiger partial charge in [0.05, 0.1) is 0 Å². The maximum atomic E-state index is 3.76. The van der Waals surface area contributed by atoms with Crippen LogP contribution in [0.5, 0.6) is 0 Å². The molecule has 0 aromatic heterocycles. The Morgan fingerprint density at radius 3 is 2.06 bits per heavy atom. The third-order valence-electron chi connectivity index (χ3n) is 3.77. The van der Waals surface area contributed by atoms with Gasteiger partial charge in [-0.25, -0.2) is 0 Å². The summed E-state index contributed by atoms with van der Waals surface area (Å²) in [5, 5.41) is 3.76. The van der Waals surface area contributed by atoms with Gasteiger partial charge in [0.1, 0.15) is 0 Å². The highest BCUT2D eigenvalue weighted by Crippen LogP contribution is 2.45. The van der Waals surface area contributed by atoms with Gasteiger partial charge in [0.25, 0.3) is 0 Å². The topological polar surface area (TPSA) is 15.3 Å². The standard InChI is InChI=1S/C15H32N2/c1-14(2)10-13(11-15(3,4)12-14)16-8-7-9-17(5)6/h13,16H,7-12H2,1-6H3. The van der Waals surface area contributed by atoms with E-state index in [2.05, 4.69) is 52.0 Å². The number of hydrogen-bond acceptors (Lipinski definition) is 2. The van der Waals surface area contributed by atoms with Gasteiger partial charge in [-0.05, 0) is 63.7 Å². The Morgan fingerprint density at radius 2 is 1.59 bits per heavy atom. The van der Waals surface area contributed by atoms with E-state index in [1.54, 1.807) is 0 Å². The molecule has 1 aliphatic carbocycles. The molecule has 0 aliphatic heterocycles. The molecule has 0 aromatic rings. The first-order valence-corrected chi connectivity index (χ1v) is 7.08. The van der Waals surface area contributed by atoms with Gasteiger partial charge in [-0.3, -0.25) is 0 Å². The molecule has 0 atom stereocenters. The predicted molar refractivity (Wildman–Crippen MR) is 76.4 cm³/mol. The van der Waals surface area contributed by atoms with Crippen molar-refractivity contribution in [1.29, 1.82) is 0 Å². The molecule has 1 aliphatic rings. The van der Waals surface area contributed by atoms with Crippen LogP contribution >= 0.6 is 0 Å². The molecule has 0 saturated heterocycles. The van der Waals surface area contributed by atoms with Crippen molar-refractivity contribution in [3.63, 3.8) is 0 Å². The highest BCUT2D eigenvalue weighted by molar-refractivity contribution is 4.92. The van der Waals surface area contributed by atoms with E-state index in [0.29, 0.717) is 10.8 Å². The molecule has 1 N–H and O–H groups in total. The molecule has 2 nitrogen and oxygen atoms in total. The minimum absolute atomic E-state index is 0.501. The summed E-state index contributed by atoms with van der Waals surface area (Å²) >= 11 is 0. The summed E-state index contributed by atoms with van der Waals surface area (Å²) in [4.78, 5) is 2.26. The van der Waals surface area contributed by atoms with Crippen molar-refractivity contribution in [3.8, 4) is 0 Å². The number of hydrogen-bond donors (Lipinski definition) is 1. The van der Waals surface area contributed by atoms with Crippen LogP contribution in [0.3, 0.4) is 0 Å². The Bertz CT molecular complexity index is 215. The van der Waals surface area contributed by atoms with Gasteiger partial charge in [-0.2, -0.15) is 0 Å². The van der Waals surface area contributed by atoms with Crippen LogP contribution in [0.4, 0.5) is 0 Å². The van der Waals surface area contributed by atoms with Crippen molar-refractivity contribution in [1.82, 2.24) is 10.2 Å². The molecule has 0 unspecified atom stereocenters. The second-order valence-corrected chi connectivity index (χ2v) is 7.72. The highest BCUT2D eigenvalue weighted by atomic mass is 15.1. The zero-order valence-corrected chi connectivity index (χ0v) is 12.8. The second-order valence-electron chi connectivity index (χ2n) is 7.72. The number of nitrogens with zero attached hydrogens (tertiary/aromatic N) is 1. The molecule has 102 valence electrons. The summed E-state index contributed by atoms with van der Waals surface area (Å²) in [6.45, 7) is 12.0. The first-order chi connectivity index (χ1) is 7.70. The van der Waals surface area contributed by atoms with Crippen molar-refractivity contribution >= 4 is 0 Å². The fourth-order valence-electron chi connectivity index (χ4n) is 3.69. The third-order valence-corrected chi connectivity index (χ3v) is 3.77. The molecule has 0 spiro atoms. The first-order valence-electron chi connectivity index (χ1n) is 7.08. The van der Waals surface area contributed by atoms with Crippen LogP contribution in [-0.4, -0.2) is 38.1 Å². The summed E-state index contributed by atoms with van der Waals surface area (Å²) in [6.07, 6.45) is 5.27. The van der Waals surface area contributed by atoms with E-state index < -0.39 is 0 Å². The van der Waals surface area contributed by atoms with Gasteiger partial charge >= 0.3 is 0 Å². The summed E-state index contributed by atoms with van der Waals surface area (Å²) in [5.74, 6) is 0. The van der Waals surface area contributed by atoms with Crippen molar-refractivity contribution in [2.75, 3.05) is 27.2 Å². The van der Waals surface area contributed by atoms with Crippen LogP contribution in [0.15, 0.2) is 0 Å². The van der Waals surface area contributed by atoms with Crippen molar-refractivity contribution < 1.29 is 0 Å². The lowest BCUT2D eigenvalue weighted by molar-refractivity contribution is 0.0849. The Labute approximate surface area is 108 Å². The predicted octanol–water partition coefficient (Wildman–Crippen LogP) is 3.13. The van der Waals surface area contributed by atoms with Crippen LogP contribution in [-0.2, 0) is 0 Å². The Kier molecular flexibility index (Phi) is 5.03. The second kappa shape index (κ2) is 5.71. The number of nitrogens with one attached hydrogen (secondary N) is 1. The fourth-order valence-corrected chi connectivity index (χ4v) is 3.69. The molecule has 0 amide bonds. The van der Waals surface area contributed by atoms with Gasteiger partial charge < -0.3 is 10.2 Å². The van der Waals surface area contributed by atoms with E-state index >= 15 is 0 Å². The largest absolute Gasteiger partial charge is 0.314 e. The Morgan fingerprint density at radius 1 is 1.06 bits per heavy atom. The zero-order chi connectivity index (χ0) is 13.1. The van der Waals surface area contributed by atoms with Gasteiger partial charge in [0.2, 0.25) is 0 Å². The average Bonchev–Trinajstić information content (AvgIpc) is 2.06. The van der Waals surface area contributed by atoms with E-state index in [9.17, 15) is 0 Å². The maximum Gasteiger partial charge on any atom is 0.00772 e. The number of rotatable bonds is 5. The van der Waals surface area contributed by atoms with Crippen LogP contribution < -0.4 is 5.32 Å². The Hall–Kier alpha value is -0.0800. The lowest BCUT2D eigenvalue weighted by Crippen LogP contribution is -2.44. The molecule has 1 rings (SSSR count). The van der Waals surface area contributed by atoms with Crippen molar-refractivity contribution in [3.05, 3.63) is 0 Å². The molecule has 1 saturated carbocycles. The minimum Gasteiger partial charge on any atom is -0.314 e. The van der Waals surface area contributed by atoms with Crippen LogP contribution in [0, 0.1) is 10.8 Å². The van der Waals surface area contributed by atoms with E-state index in [1.165, 1.54) is 32.2 Å². The SMILES string of the molecule is CN(C)CCCNC1CC(C)(C)CC(C)(C)C1. The molecule has 1 fully saturated rings. The molecular weight excluding hydrogens is 208 g/mol. The first kappa shape index (κ1) is 15.0. The third kappa shape index (κ3) is 5.87. The molecule has 0 bridgehead atoms. The molecule has 17 heavy (non-hydrogen) atoms. The zero-order valence-electron chi connectivity index (χ0n) is 12.8. The molecule has 0 radical (unpaired) electrons. The van der Waals surface area contributed by atoms with E-state index in [1.807, 2.05) is 0 Å². The smallest absolute Gasteiger partial charge is 0.00772 e. The van der Waals surface area contributed by atoms with Crippen molar-refractivity contribution in [2.45, 2.75) is 59.4 Å². The Balaban J connectivity index is 2.33. The van der Waals surface area contributed by atoms with Crippen molar-refractivity contribution in [2.24, 2.45) is 10.8 Å². The van der Waals surface area contributed by atoms with E-state index in [0.717, 1.165) is 12.6 Å². The van der Waals surface area contributed by atoms with Gasteiger partial charge in [0, 0.05) is 6.04 Å². The maximum absolute atomic E-state index is 3.76. The van der Waals surface area contributed by atoms with Gasteiger partial charge in [0.15, 0.2) is 0 Å². The molecule has 0 heterocycles. The van der Waals surface area contributed by atoms with Crippen LogP contribution in [0.25, 0.3) is 0 Å². The normalized spacial score (nSPS) is 24.2. The highest BCUT2D eigenvalue weighted by Gasteiger charge is 2.37. The van der Waals surface area contributed by atoms with Crippen LogP contribution in [0.2, 0.25) is 0 Å². The monoisotopic (exact) mass is 240 g/mol. The average molecular weight is 240 g/mol. The van der Waals surface area contributed by atoms with Gasteiger partial charge in [-0.15, -0.1) is 0 Å². The van der Waals surface area contributed by atoms with Gasteiger partial charge in [-0.1, -0.05) is 27.7 Å². The fraction of sp³-hybridized carbons (Fsp3) is 1.00.